The molecule has 0 aliphatic rings. The summed E-state index contributed by atoms with van der Waals surface area (Å²) < 4.78 is 4.97. The number of hydrogen-bond donors (Lipinski definition) is 1. The molecule has 2 aromatic rings. The molecule has 0 aliphatic heterocycles. The van der Waals surface area contributed by atoms with Crippen molar-refractivity contribution in [3.8, 4) is 6.07 Å². The summed E-state index contributed by atoms with van der Waals surface area (Å²) in [7, 11) is 0. The number of thioether (sulfide) groups is 1. The van der Waals surface area contributed by atoms with E-state index in [9.17, 15) is 14.9 Å². The van der Waals surface area contributed by atoms with Gasteiger partial charge in [-0.15, -0.1) is 0 Å². The smallest absolute Gasteiger partial charge is 0.340 e. The largest absolute Gasteiger partial charge is 0.462 e. The minimum absolute atomic E-state index is 0.195. The van der Waals surface area contributed by atoms with Crippen molar-refractivity contribution < 1.29 is 14.3 Å². The van der Waals surface area contributed by atoms with Gasteiger partial charge < -0.3 is 10.5 Å². The van der Waals surface area contributed by atoms with Gasteiger partial charge in [0.25, 0.3) is 0 Å². The lowest BCUT2D eigenvalue weighted by atomic mass is 10.1. The Labute approximate surface area is 150 Å². The van der Waals surface area contributed by atoms with Crippen LogP contribution in [0.3, 0.4) is 0 Å². The first kappa shape index (κ1) is 18.5. The van der Waals surface area contributed by atoms with Crippen LogP contribution in [0.2, 0.25) is 0 Å². The van der Waals surface area contributed by atoms with Crippen LogP contribution in [-0.4, -0.2) is 23.5 Å². The van der Waals surface area contributed by atoms with Crippen LogP contribution in [0.5, 0.6) is 0 Å². The Morgan fingerprint density at radius 1 is 1.36 bits per heavy atom. The first-order chi connectivity index (χ1) is 12.0. The van der Waals surface area contributed by atoms with Crippen LogP contribution in [0.15, 0.2) is 41.4 Å². The number of pyridine rings is 1. The molecular weight excluding hydrogens is 338 g/mol. The van der Waals surface area contributed by atoms with E-state index >= 15 is 0 Å². The van der Waals surface area contributed by atoms with Gasteiger partial charge in [-0.1, -0.05) is 42.1 Å². The SMILES string of the molecule is CCOC(=O)c1cc(C#N)c(SC(C(N)=O)c2ccccc2)nc1C. The summed E-state index contributed by atoms with van der Waals surface area (Å²) in [6.45, 7) is 3.58. The Morgan fingerprint density at radius 3 is 2.60 bits per heavy atom. The fourth-order valence-corrected chi connectivity index (χ4v) is 3.25. The molecule has 25 heavy (non-hydrogen) atoms. The number of nitrogens with two attached hydrogens (primary N) is 1. The summed E-state index contributed by atoms with van der Waals surface area (Å²) in [5.74, 6) is -1.07. The molecule has 1 unspecified atom stereocenters. The van der Waals surface area contributed by atoms with E-state index in [0.29, 0.717) is 10.7 Å². The average molecular weight is 355 g/mol. The number of nitrogens with zero attached hydrogens (tertiary/aromatic N) is 2. The van der Waals surface area contributed by atoms with Gasteiger partial charge >= 0.3 is 5.97 Å². The minimum atomic E-state index is -0.686. The third kappa shape index (κ3) is 4.37. The van der Waals surface area contributed by atoms with Crippen molar-refractivity contribution in [2.24, 2.45) is 5.73 Å². The highest BCUT2D eigenvalue weighted by Gasteiger charge is 2.23. The molecule has 0 saturated carbocycles. The fourth-order valence-electron chi connectivity index (χ4n) is 2.20. The number of benzene rings is 1. The molecule has 1 amide bonds. The number of esters is 1. The molecule has 1 atom stereocenters. The van der Waals surface area contributed by atoms with Gasteiger partial charge in [-0.05, 0) is 25.5 Å². The molecule has 1 aromatic carbocycles. The highest BCUT2D eigenvalue weighted by molar-refractivity contribution is 8.00. The van der Waals surface area contributed by atoms with Crippen molar-refractivity contribution in [1.82, 2.24) is 4.98 Å². The summed E-state index contributed by atoms with van der Waals surface area (Å²) in [6.07, 6.45) is 0. The van der Waals surface area contributed by atoms with Crippen LogP contribution in [-0.2, 0) is 9.53 Å². The van der Waals surface area contributed by atoms with E-state index in [1.807, 2.05) is 12.1 Å². The molecule has 6 nitrogen and oxygen atoms in total. The van der Waals surface area contributed by atoms with Crippen molar-refractivity contribution >= 4 is 23.6 Å². The maximum absolute atomic E-state index is 11.9. The topological polar surface area (TPSA) is 106 Å². The normalized spacial score (nSPS) is 11.4. The van der Waals surface area contributed by atoms with Crippen molar-refractivity contribution in [2.75, 3.05) is 6.61 Å². The van der Waals surface area contributed by atoms with Crippen molar-refractivity contribution in [3.63, 3.8) is 0 Å². The third-order valence-electron chi connectivity index (χ3n) is 3.38. The quantitative estimate of drug-likeness (QED) is 0.631. The van der Waals surface area contributed by atoms with Crippen molar-refractivity contribution in [1.29, 1.82) is 5.26 Å². The summed E-state index contributed by atoms with van der Waals surface area (Å²) in [5.41, 5.74) is 7.10. The van der Waals surface area contributed by atoms with E-state index in [0.717, 1.165) is 17.3 Å². The molecule has 0 spiro atoms. The molecule has 0 bridgehead atoms. The molecule has 0 aliphatic carbocycles. The maximum atomic E-state index is 11.9. The van der Waals surface area contributed by atoms with E-state index in [1.165, 1.54) is 6.07 Å². The van der Waals surface area contributed by atoms with Gasteiger partial charge in [0.05, 0.1) is 23.4 Å². The molecule has 2 rings (SSSR count). The van der Waals surface area contributed by atoms with Gasteiger partial charge in [0.2, 0.25) is 5.91 Å². The zero-order valence-electron chi connectivity index (χ0n) is 13.9. The number of carbonyl (C=O) groups excluding carboxylic acids is 2. The van der Waals surface area contributed by atoms with Crippen LogP contribution in [0.25, 0.3) is 0 Å². The molecule has 0 fully saturated rings. The zero-order valence-corrected chi connectivity index (χ0v) is 14.7. The van der Waals surface area contributed by atoms with Gasteiger partial charge in [0.15, 0.2) is 0 Å². The lowest BCUT2D eigenvalue weighted by Crippen LogP contribution is -2.19. The second-order valence-electron chi connectivity index (χ2n) is 5.12. The van der Waals surface area contributed by atoms with Crippen LogP contribution < -0.4 is 5.73 Å². The standard InChI is InChI=1S/C18H17N3O3S/c1-3-24-18(23)14-9-13(10-19)17(21-11(14)2)25-15(16(20)22)12-7-5-4-6-8-12/h4-9,15H,3H2,1-2H3,(H2,20,22). The Hall–Kier alpha value is -2.85. The van der Waals surface area contributed by atoms with E-state index in [4.69, 9.17) is 10.5 Å². The Morgan fingerprint density at radius 2 is 2.04 bits per heavy atom. The predicted octanol–water partition coefficient (Wildman–Crippen LogP) is 2.76. The molecule has 2 N–H and O–H groups in total. The van der Waals surface area contributed by atoms with Gasteiger partial charge in [0, 0.05) is 0 Å². The Bertz CT molecular complexity index is 831. The van der Waals surface area contributed by atoms with E-state index in [2.05, 4.69) is 4.98 Å². The second-order valence-corrected chi connectivity index (χ2v) is 6.21. The van der Waals surface area contributed by atoms with E-state index in [-0.39, 0.29) is 17.7 Å². The van der Waals surface area contributed by atoms with Crippen LogP contribution in [0.1, 0.15) is 39.4 Å². The number of aromatic nitrogens is 1. The molecule has 0 saturated heterocycles. The van der Waals surface area contributed by atoms with Gasteiger partial charge in [-0.3, -0.25) is 4.79 Å². The molecular formula is C18H17N3O3S. The lowest BCUT2D eigenvalue weighted by molar-refractivity contribution is -0.117. The molecule has 1 aromatic heterocycles. The number of primary amides is 1. The molecule has 7 heteroatoms. The Kier molecular flexibility index (Phi) is 6.14. The summed E-state index contributed by atoms with van der Waals surface area (Å²) in [6, 6.07) is 12.5. The highest BCUT2D eigenvalue weighted by atomic mass is 32.2. The summed E-state index contributed by atoms with van der Waals surface area (Å²) >= 11 is 1.09. The van der Waals surface area contributed by atoms with Crippen molar-refractivity contribution in [2.45, 2.75) is 24.1 Å². The number of carbonyl (C=O) groups is 2. The lowest BCUT2D eigenvalue weighted by Gasteiger charge is -2.15. The fraction of sp³-hybridized carbons (Fsp3) is 0.222. The van der Waals surface area contributed by atoms with Gasteiger partial charge in [-0.25, -0.2) is 9.78 Å². The molecule has 0 radical (unpaired) electrons. The number of rotatable bonds is 6. The first-order valence-corrected chi connectivity index (χ1v) is 8.45. The molecule has 128 valence electrons. The Balaban J connectivity index is 2.41. The van der Waals surface area contributed by atoms with Crippen LogP contribution in [0.4, 0.5) is 0 Å². The zero-order chi connectivity index (χ0) is 18.4. The molecule has 1 heterocycles. The van der Waals surface area contributed by atoms with E-state index in [1.54, 1.807) is 38.1 Å². The summed E-state index contributed by atoms with van der Waals surface area (Å²) in [5, 5.41) is 9.06. The van der Waals surface area contributed by atoms with Crippen LogP contribution in [0, 0.1) is 18.3 Å². The van der Waals surface area contributed by atoms with Gasteiger partial charge in [-0.2, -0.15) is 5.26 Å². The van der Waals surface area contributed by atoms with Crippen LogP contribution >= 0.6 is 11.8 Å². The third-order valence-corrected chi connectivity index (χ3v) is 4.66. The number of hydrogen-bond acceptors (Lipinski definition) is 6. The highest BCUT2D eigenvalue weighted by Crippen LogP contribution is 2.36. The van der Waals surface area contributed by atoms with Crippen molar-refractivity contribution in [3.05, 3.63) is 58.8 Å². The number of aryl methyl sites for hydroxylation is 1. The monoisotopic (exact) mass is 355 g/mol. The number of ether oxygens (including phenoxy) is 1. The minimum Gasteiger partial charge on any atom is -0.462 e. The average Bonchev–Trinajstić information content (AvgIpc) is 2.60. The number of nitriles is 1. The predicted molar refractivity (Wildman–Crippen MR) is 93.9 cm³/mol. The van der Waals surface area contributed by atoms with E-state index < -0.39 is 17.1 Å². The number of amides is 1. The van der Waals surface area contributed by atoms with Gasteiger partial charge in [0.1, 0.15) is 16.3 Å². The summed E-state index contributed by atoms with van der Waals surface area (Å²) in [4.78, 5) is 28.1. The first-order valence-electron chi connectivity index (χ1n) is 7.57. The second kappa shape index (κ2) is 8.31. The maximum Gasteiger partial charge on any atom is 0.340 e.